The molecule has 0 bridgehead atoms. The monoisotopic (exact) mass is 288 g/mol. The summed E-state index contributed by atoms with van der Waals surface area (Å²) in [6.07, 6.45) is 1.69. The molecule has 1 amide bonds. The maximum absolute atomic E-state index is 11.9. The lowest BCUT2D eigenvalue weighted by Gasteiger charge is -2.17. The summed E-state index contributed by atoms with van der Waals surface area (Å²) >= 11 is 0. The van der Waals surface area contributed by atoms with Crippen LogP contribution in [-0.2, 0) is 5.41 Å². The van der Waals surface area contributed by atoms with Crippen molar-refractivity contribution < 1.29 is 4.79 Å². The highest BCUT2D eigenvalue weighted by molar-refractivity contribution is 5.91. The Hall–Kier alpha value is -2.44. The molecule has 0 aromatic carbocycles. The molecule has 0 atom stereocenters. The van der Waals surface area contributed by atoms with E-state index in [1.807, 2.05) is 20.8 Å². The Morgan fingerprint density at radius 3 is 2.52 bits per heavy atom. The minimum absolute atomic E-state index is 0.160. The summed E-state index contributed by atoms with van der Waals surface area (Å²) < 4.78 is 1.53. The third-order valence-corrected chi connectivity index (χ3v) is 2.85. The Kier molecular flexibility index (Phi) is 3.67. The van der Waals surface area contributed by atoms with Gasteiger partial charge in [0.25, 0.3) is 5.91 Å². The standard InChI is InChI=1S/C14H20N6O/c1-14(2,3)13-16-10(15)8-11(17-13)20-7-6-9(18-20)12(21)19(4)5/h6-8H,1-5H3,(H2,15,16,17). The van der Waals surface area contributed by atoms with E-state index in [2.05, 4.69) is 15.1 Å². The van der Waals surface area contributed by atoms with Crippen LogP contribution in [0.25, 0.3) is 5.82 Å². The third kappa shape index (κ3) is 3.18. The third-order valence-electron chi connectivity index (χ3n) is 2.85. The van der Waals surface area contributed by atoms with Gasteiger partial charge in [0.15, 0.2) is 11.5 Å². The molecule has 2 heterocycles. The topological polar surface area (TPSA) is 89.9 Å². The predicted molar refractivity (Wildman–Crippen MR) is 80.3 cm³/mol. The van der Waals surface area contributed by atoms with Gasteiger partial charge in [-0.3, -0.25) is 4.79 Å². The molecule has 0 aliphatic carbocycles. The fourth-order valence-electron chi connectivity index (χ4n) is 1.70. The number of nitrogens with zero attached hydrogens (tertiary/aromatic N) is 5. The van der Waals surface area contributed by atoms with E-state index >= 15 is 0 Å². The van der Waals surface area contributed by atoms with E-state index in [1.165, 1.54) is 9.58 Å². The maximum atomic E-state index is 11.9. The van der Waals surface area contributed by atoms with Crippen LogP contribution in [-0.4, -0.2) is 44.7 Å². The van der Waals surface area contributed by atoms with Crippen molar-refractivity contribution in [3.8, 4) is 5.82 Å². The predicted octanol–water partition coefficient (Wildman–Crippen LogP) is 1.24. The number of hydrogen-bond acceptors (Lipinski definition) is 5. The summed E-state index contributed by atoms with van der Waals surface area (Å²) in [6, 6.07) is 3.28. The lowest BCUT2D eigenvalue weighted by molar-refractivity contribution is 0.0821. The number of hydrogen-bond donors (Lipinski definition) is 1. The van der Waals surface area contributed by atoms with Gasteiger partial charge < -0.3 is 10.6 Å². The Bertz CT molecular complexity index is 668. The van der Waals surface area contributed by atoms with Crippen LogP contribution in [0.15, 0.2) is 18.3 Å². The molecule has 0 saturated heterocycles. The molecule has 7 heteroatoms. The highest BCUT2D eigenvalue weighted by Gasteiger charge is 2.20. The largest absolute Gasteiger partial charge is 0.384 e. The number of anilines is 1. The van der Waals surface area contributed by atoms with E-state index in [-0.39, 0.29) is 11.3 Å². The van der Waals surface area contributed by atoms with Gasteiger partial charge in [-0.2, -0.15) is 5.10 Å². The first-order valence-electron chi connectivity index (χ1n) is 6.61. The number of amides is 1. The van der Waals surface area contributed by atoms with E-state index in [0.29, 0.717) is 23.2 Å². The Labute approximate surface area is 123 Å². The first-order chi connectivity index (χ1) is 9.68. The molecule has 0 aliphatic rings. The van der Waals surface area contributed by atoms with Gasteiger partial charge in [0.05, 0.1) is 0 Å². The van der Waals surface area contributed by atoms with Crippen molar-refractivity contribution in [1.29, 1.82) is 0 Å². The van der Waals surface area contributed by atoms with E-state index in [4.69, 9.17) is 5.73 Å². The van der Waals surface area contributed by atoms with E-state index in [0.717, 1.165) is 0 Å². The van der Waals surface area contributed by atoms with Crippen molar-refractivity contribution in [2.45, 2.75) is 26.2 Å². The molecular weight excluding hydrogens is 268 g/mol. The van der Waals surface area contributed by atoms with Crippen LogP contribution in [0.3, 0.4) is 0 Å². The average Bonchev–Trinajstić information content (AvgIpc) is 2.85. The zero-order valence-corrected chi connectivity index (χ0v) is 13.0. The first-order valence-corrected chi connectivity index (χ1v) is 6.61. The minimum atomic E-state index is -0.223. The summed E-state index contributed by atoms with van der Waals surface area (Å²) in [5.74, 6) is 1.39. The normalized spacial score (nSPS) is 11.5. The van der Waals surface area contributed by atoms with E-state index < -0.39 is 0 Å². The van der Waals surface area contributed by atoms with Crippen molar-refractivity contribution in [1.82, 2.24) is 24.6 Å². The summed E-state index contributed by atoms with van der Waals surface area (Å²) in [4.78, 5) is 22.1. The molecular formula is C14H20N6O. The van der Waals surface area contributed by atoms with Crippen LogP contribution in [0, 0.1) is 0 Å². The number of nitrogen functional groups attached to an aromatic ring is 1. The SMILES string of the molecule is CN(C)C(=O)c1ccn(-c2cc(N)nc(C(C)(C)C)n2)n1. The van der Waals surface area contributed by atoms with Crippen molar-refractivity contribution in [3.63, 3.8) is 0 Å². The highest BCUT2D eigenvalue weighted by Crippen LogP contribution is 2.20. The number of carbonyl (C=O) groups is 1. The Morgan fingerprint density at radius 2 is 1.95 bits per heavy atom. The Balaban J connectivity index is 2.43. The molecule has 0 spiro atoms. The zero-order valence-electron chi connectivity index (χ0n) is 13.0. The Morgan fingerprint density at radius 1 is 1.29 bits per heavy atom. The fraction of sp³-hybridized carbons (Fsp3) is 0.429. The molecule has 21 heavy (non-hydrogen) atoms. The average molecular weight is 288 g/mol. The van der Waals surface area contributed by atoms with Gasteiger partial charge >= 0.3 is 0 Å². The number of carbonyl (C=O) groups excluding carboxylic acids is 1. The van der Waals surface area contributed by atoms with E-state index in [1.54, 1.807) is 32.4 Å². The van der Waals surface area contributed by atoms with Crippen LogP contribution in [0.1, 0.15) is 37.1 Å². The molecule has 0 aliphatic heterocycles. The molecule has 2 aromatic heterocycles. The fourth-order valence-corrected chi connectivity index (χ4v) is 1.70. The molecule has 2 aromatic rings. The zero-order chi connectivity index (χ0) is 15.8. The van der Waals surface area contributed by atoms with Crippen LogP contribution in [0.2, 0.25) is 0 Å². The molecule has 7 nitrogen and oxygen atoms in total. The summed E-state index contributed by atoms with van der Waals surface area (Å²) in [7, 11) is 3.36. The molecule has 0 radical (unpaired) electrons. The van der Waals surface area contributed by atoms with Crippen LogP contribution in [0.4, 0.5) is 5.82 Å². The smallest absolute Gasteiger partial charge is 0.273 e. The van der Waals surface area contributed by atoms with E-state index in [9.17, 15) is 4.79 Å². The number of nitrogens with two attached hydrogens (primary N) is 1. The minimum Gasteiger partial charge on any atom is -0.384 e. The quantitative estimate of drug-likeness (QED) is 0.898. The second kappa shape index (κ2) is 5.16. The van der Waals surface area contributed by atoms with Crippen molar-refractivity contribution in [2.24, 2.45) is 0 Å². The van der Waals surface area contributed by atoms with Gasteiger partial charge in [-0.1, -0.05) is 20.8 Å². The molecule has 0 saturated carbocycles. The molecule has 0 fully saturated rings. The van der Waals surface area contributed by atoms with Gasteiger partial charge in [-0.05, 0) is 6.07 Å². The van der Waals surface area contributed by atoms with Gasteiger partial charge in [-0.25, -0.2) is 14.6 Å². The van der Waals surface area contributed by atoms with Crippen LogP contribution < -0.4 is 5.73 Å². The number of rotatable bonds is 2. The van der Waals surface area contributed by atoms with Gasteiger partial charge in [0, 0.05) is 31.8 Å². The first kappa shape index (κ1) is 15.0. The molecule has 0 unspecified atom stereocenters. The highest BCUT2D eigenvalue weighted by atomic mass is 16.2. The van der Waals surface area contributed by atoms with Gasteiger partial charge in [-0.15, -0.1) is 0 Å². The van der Waals surface area contributed by atoms with Gasteiger partial charge in [0.2, 0.25) is 0 Å². The maximum Gasteiger partial charge on any atom is 0.273 e. The molecule has 112 valence electrons. The van der Waals surface area contributed by atoms with Crippen LogP contribution >= 0.6 is 0 Å². The summed E-state index contributed by atoms with van der Waals surface area (Å²) in [5, 5.41) is 4.25. The summed E-state index contributed by atoms with van der Waals surface area (Å²) in [5.41, 5.74) is 5.97. The van der Waals surface area contributed by atoms with Crippen molar-refractivity contribution in [2.75, 3.05) is 19.8 Å². The lowest BCUT2D eigenvalue weighted by atomic mass is 9.96. The lowest BCUT2D eigenvalue weighted by Crippen LogP contribution is -2.22. The van der Waals surface area contributed by atoms with Crippen LogP contribution in [0.5, 0.6) is 0 Å². The number of aromatic nitrogens is 4. The molecule has 2 N–H and O–H groups in total. The van der Waals surface area contributed by atoms with Crippen molar-refractivity contribution >= 4 is 11.7 Å². The van der Waals surface area contributed by atoms with Crippen molar-refractivity contribution in [3.05, 3.63) is 29.8 Å². The second-order valence-corrected chi connectivity index (χ2v) is 6.07. The molecule has 2 rings (SSSR count). The van der Waals surface area contributed by atoms with Gasteiger partial charge in [0.1, 0.15) is 11.6 Å². The summed E-state index contributed by atoms with van der Waals surface area (Å²) in [6.45, 7) is 6.03. The second-order valence-electron chi connectivity index (χ2n) is 6.07.